The molecule has 0 saturated carbocycles. The van der Waals surface area contributed by atoms with Crippen LogP contribution in [-0.4, -0.2) is 46.9 Å². The van der Waals surface area contributed by atoms with Gasteiger partial charge in [0.25, 0.3) is 0 Å². The maximum atomic E-state index is 13.1. The number of nitrogens with one attached hydrogen (secondary N) is 1. The van der Waals surface area contributed by atoms with E-state index in [1.54, 1.807) is 0 Å². The molecule has 0 aliphatic rings. The first-order chi connectivity index (χ1) is 27.5. The fraction of sp³-hybridized carbons (Fsp3) is 0.880. The molecule has 0 rings (SSSR count). The molecule has 0 fully saturated rings. The maximum absolute atomic E-state index is 13.1. The van der Waals surface area contributed by atoms with Crippen LogP contribution in [0.2, 0.25) is 0 Å². The van der Waals surface area contributed by atoms with Gasteiger partial charge in [0.15, 0.2) is 0 Å². The second kappa shape index (κ2) is 44.4. The van der Waals surface area contributed by atoms with Gasteiger partial charge in [-0.05, 0) is 51.4 Å². The molecule has 0 aliphatic heterocycles. The Bertz CT molecular complexity index is 889. The molecule has 3 unspecified atom stereocenters. The normalized spacial score (nSPS) is 13.4. The average molecular weight is 790 g/mol. The third-order valence-corrected chi connectivity index (χ3v) is 11.3. The predicted molar refractivity (Wildman–Crippen MR) is 241 cm³/mol. The van der Waals surface area contributed by atoms with E-state index >= 15 is 0 Å². The van der Waals surface area contributed by atoms with Crippen LogP contribution < -0.4 is 5.32 Å². The van der Waals surface area contributed by atoms with Crippen LogP contribution in [0, 0.1) is 0 Å². The van der Waals surface area contributed by atoms with Gasteiger partial charge in [-0.2, -0.15) is 0 Å². The molecule has 0 saturated heterocycles. The highest BCUT2D eigenvalue weighted by molar-refractivity contribution is 5.77. The molecule has 1 amide bonds. The zero-order valence-corrected chi connectivity index (χ0v) is 37.5. The number of carbonyl (C=O) groups excluding carboxylic acids is 2. The molecule has 3 N–H and O–H groups in total. The molecule has 3 atom stereocenters. The highest BCUT2D eigenvalue weighted by Gasteiger charge is 2.24. The summed E-state index contributed by atoms with van der Waals surface area (Å²) in [7, 11) is 0. The summed E-state index contributed by atoms with van der Waals surface area (Å²) in [5, 5.41) is 23.7. The summed E-state index contributed by atoms with van der Waals surface area (Å²) in [6, 6.07) is -0.696. The van der Waals surface area contributed by atoms with Gasteiger partial charge in [0, 0.05) is 6.42 Å². The molecule has 6 nitrogen and oxygen atoms in total. The fourth-order valence-corrected chi connectivity index (χ4v) is 7.59. The SMILES string of the molecule is CC/C=C/C/C=C/CCCCCCCCCC(=O)OC(CCCCCCCCC)CC(=O)NC(CO)C(O)CCCCCCCCCCCCCCCCCC. The van der Waals surface area contributed by atoms with Gasteiger partial charge in [0.2, 0.25) is 5.91 Å². The molecule has 0 aromatic heterocycles. The Kier molecular flexibility index (Phi) is 43.1. The number of esters is 1. The van der Waals surface area contributed by atoms with Crippen molar-refractivity contribution in [1.29, 1.82) is 0 Å². The highest BCUT2D eigenvalue weighted by Crippen LogP contribution is 2.18. The van der Waals surface area contributed by atoms with E-state index < -0.39 is 18.2 Å². The van der Waals surface area contributed by atoms with E-state index in [1.165, 1.54) is 148 Å². The van der Waals surface area contributed by atoms with E-state index in [4.69, 9.17) is 4.74 Å². The second-order valence-corrected chi connectivity index (χ2v) is 16.8. The predicted octanol–water partition coefficient (Wildman–Crippen LogP) is 14.3. The Balaban J connectivity index is 4.35. The van der Waals surface area contributed by atoms with E-state index in [2.05, 4.69) is 50.4 Å². The largest absolute Gasteiger partial charge is 0.462 e. The lowest BCUT2D eigenvalue weighted by Gasteiger charge is -2.24. The number of aliphatic hydroxyl groups is 2. The van der Waals surface area contributed by atoms with Gasteiger partial charge in [-0.1, -0.05) is 218 Å². The van der Waals surface area contributed by atoms with Crippen LogP contribution >= 0.6 is 0 Å². The first kappa shape index (κ1) is 54.3. The minimum absolute atomic E-state index is 0.0778. The lowest BCUT2D eigenvalue weighted by atomic mass is 10.0. The van der Waals surface area contributed by atoms with Crippen LogP contribution in [0.25, 0.3) is 0 Å². The standard InChI is InChI=1S/C50H95NO5/c1-4-7-10-13-16-18-20-22-24-25-26-28-30-33-36-39-42-48(53)47(45-52)51-49(54)44-46(41-38-35-32-15-12-9-6-3)56-50(55)43-40-37-34-31-29-27-23-21-19-17-14-11-8-5-2/h8,11,17,19,46-48,52-53H,4-7,9-10,12-16,18,20-45H2,1-3H3,(H,51,54)/b11-8+,19-17+. The molecule has 0 heterocycles. The van der Waals surface area contributed by atoms with Crippen LogP contribution in [0.1, 0.15) is 258 Å². The van der Waals surface area contributed by atoms with E-state index in [0.29, 0.717) is 19.3 Å². The van der Waals surface area contributed by atoms with Gasteiger partial charge in [0.1, 0.15) is 6.10 Å². The van der Waals surface area contributed by atoms with Crippen LogP contribution in [0.3, 0.4) is 0 Å². The summed E-state index contributed by atoms with van der Waals surface area (Å²) in [5.41, 5.74) is 0. The number of hydrogen-bond donors (Lipinski definition) is 3. The van der Waals surface area contributed by atoms with Crippen molar-refractivity contribution in [2.75, 3.05) is 6.61 Å². The van der Waals surface area contributed by atoms with Crippen LogP contribution in [0.4, 0.5) is 0 Å². The summed E-state index contributed by atoms with van der Waals surface area (Å²) in [5.74, 6) is -0.479. The molecular formula is C50H95NO5. The number of carbonyl (C=O) groups is 2. The minimum Gasteiger partial charge on any atom is -0.462 e. The molecular weight excluding hydrogens is 695 g/mol. The highest BCUT2D eigenvalue weighted by atomic mass is 16.5. The lowest BCUT2D eigenvalue weighted by molar-refractivity contribution is -0.151. The molecule has 56 heavy (non-hydrogen) atoms. The van der Waals surface area contributed by atoms with Crippen molar-refractivity contribution in [3.63, 3.8) is 0 Å². The zero-order chi connectivity index (χ0) is 41.0. The van der Waals surface area contributed by atoms with Gasteiger partial charge in [0.05, 0.1) is 25.2 Å². The quantitative estimate of drug-likeness (QED) is 0.0324. The van der Waals surface area contributed by atoms with Crippen molar-refractivity contribution >= 4 is 11.9 Å². The molecule has 0 bridgehead atoms. The number of ether oxygens (including phenoxy) is 1. The third-order valence-electron chi connectivity index (χ3n) is 11.3. The summed E-state index contributed by atoms with van der Waals surface area (Å²) in [4.78, 5) is 25.9. The van der Waals surface area contributed by atoms with Crippen molar-refractivity contribution in [2.45, 2.75) is 277 Å². The molecule has 0 aromatic carbocycles. The smallest absolute Gasteiger partial charge is 0.306 e. The van der Waals surface area contributed by atoms with Gasteiger partial charge >= 0.3 is 5.97 Å². The van der Waals surface area contributed by atoms with Crippen molar-refractivity contribution < 1.29 is 24.5 Å². The average Bonchev–Trinajstić information content (AvgIpc) is 3.19. The van der Waals surface area contributed by atoms with E-state index in [0.717, 1.165) is 64.2 Å². The summed E-state index contributed by atoms with van der Waals surface area (Å²) >= 11 is 0. The second-order valence-electron chi connectivity index (χ2n) is 16.8. The molecule has 6 heteroatoms. The fourth-order valence-electron chi connectivity index (χ4n) is 7.59. The van der Waals surface area contributed by atoms with Gasteiger partial charge < -0.3 is 20.3 Å². The van der Waals surface area contributed by atoms with Crippen LogP contribution in [0.5, 0.6) is 0 Å². The minimum atomic E-state index is -0.783. The lowest BCUT2D eigenvalue weighted by Crippen LogP contribution is -2.46. The molecule has 0 radical (unpaired) electrons. The Morgan fingerprint density at radius 3 is 1.45 bits per heavy atom. The van der Waals surface area contributed by atoms with E-state index in [-0.39, 0.29) is 24.9 Å². The number of allylic oxidation sites excluding steroid dienone is 4. The monoisotopic (exact) mass is 790 g/mol. The van der Waals surface area contributed by atoms with Gasteiger partial charge in [-0.25, -0.2) is 0 Å². The Morgan fingerprint density at radius 2 is 0.964 bits per heavy atom. The topological polar surface area (TPSA) is 95.9 Å². The van der Waals surface area contributed by atoms with Crippen LogP contribution in [-0.2, 0) is 14.3 Å². The molecule has 0 spiro atoms. The van der Waals surface area contributed by atoms with Crippen molar-refractivity contribution in [3.05, 3.63) is 24.3 Å². The first-order valence-electron chi connectivity index (χ1n) is 24.6. The van der Waals surface area contributed by atoms with Crippen molar-refractivity contribution in [1.82, 2.24) is 5.32 Å². The Hall–Kier alpha value is -1.66. The van der Waals surface area contributed by atoms with Crippen molar-refractivity contribution in [2.24, 2.45) is 0 Å². The van der Waals surface area contributed by atoms with E-state index in [1.807, 2.05) is 0 Å². The van der Waals surface area contributed by atoms with Gasteiger partial charge in [-0.15, -0.1) is 0 Å². The number of amides is 1. The third kappa shape index (κ3) is 39.2. The number of unbranched alkanes of at least 4 members (excludes halogenated alkanes) is 28. The zero-order valence-electron chi connectivity index (χ0n) is 37.5. The molecule has 0 aliphatic carbocycles. The number of rotatable bonds is 44. The van der Waals surface area contributed by atoms with E-state index in [9.17, 15) is 19.8 Å². The summed E-state index contributed by atoms with van der Waals surface area (Å²) in [6.07, 6.45) is 49.7. The summed E-state index contributed by atoms with van der Waals surface area (Å²) < 4.78 is 5.88. The van der Waals surface area contributed by atoms with Crippen molar-refractivity contribution in [3.8, 4) is 0 Å². The first-order valence-corrected chi connectivity index (χ1v) is 24.6. The Labute approximate surface area is 348 Å². The molecule has 330 valence electrons. The summed E-state index contributed by atoms with van der Waals surface area (Å²) in [6.45, 7) is 6.36. The Morgan fingerprint density at radius 1 is 0.536 bits per heavy atom. The number of aliphatic hydroxyl groups excluding tert-OH is 2. The van der Waals surface area contributed by atoms with Gasteiger partial charge in [-0.3, -0.25) is 9.59 Å². The van der Waals surface area contributed by atoms with Crippen LogP contribution in [0.15, 0.2) is 24.3 Å². The molecule has 0 aromatic rings. The maximum Gasteiger partial charge on any atom is 0.306 e. The number of hydrogen-bond acceptors (Lipinski definition) is 5.